The molecule has 13 heavy (non-hydrogen) atoms. The predicted octanol–water partition coefficient (Wildman–Crippen LogP) is 1.95. The van der Waals surface area contributed by atoms with E-state index in [1.165, 1.54) is 0 Å². The molecular weight excluding hydrogens is 239 g/mol. The third-order valence-electron chi connectivity index (χ3n) is 1.31. The van der Waals surface area contributed by atoms with Crippen molar-refractivity contribution in [2.24, 2.45) is 0 Å². The summed E-state index contributed by atoms with van der Waals surface area (Å²) < 4.78 is 29.8. The Bertz CT molecular complexity index is 440. The Hall–Kier alpha value is -0.490. The number of aromatic hydroxyl groups is 1. The van der Waals surface area contributed by atoms with Crippen LogP contribution in [0, 0.1) is 0 Å². The molecule has 72 valence electrons. The van der Waals surface area contributed by atoms with Crippen molar-refractivity contribution in [3.63, 3.8) is 0 Å². The summed E-state index contributed by atoms with van der Waals surface area (Å²) in [5, 5.41) is 8.86. The topological polar surface area (TPSA) is 74.6 Å². The van der Waals surface area contributed by atoms with Crippen molar-refractivity contribution in [2.75, 3.05) is 0 Å². The highest BCUT2D eigenvalue weighted by atomic mass is 35.5. The fourth-order valence-corrected chi connectivity index (χ4v) is 1.69. The van der Waals surface area contributed by atoms with E-state index in [1.807, 2.05) is 0 Å². The molecule has 0 unspecified atom stereocenters. The van der Waals surface area contributed by atoms with E-state index >= 15 is 0 Å². The molecule has 1 rings (SSSR count). The van der Waals surface area contributed by atoms with Gasteiger partial charge in [0.1, 0.15) is 9.92 Å². The Morgan fingerprint density at radius 1 is 1.23 bits per heavy atom. The minimum Gasteiger partial charge on any atom is -0.505 e. The number of benzene rings is 1. The van der Waals surface area contributed by atoms with Gasteiger partial charge in [0.15, 0.2) is 5.75 Å². The van der Waals surface area contributed by atoms with E-state index in [0.717, 1.165) is 12.1 Å². The summed E-state index contributed by atoms with van der Waals surface area (Å²) in [6, 6.07) is 2.12. The number of hydrogen-bond acceptors (Lipinski definition) is 3. The van der Waals surface area contributed by atoms with Crippen LogP contribution in [0.5, 0.6) is 5.75 Å². The van der Waals surface area contributed by atoms with Crippen LogP contribution in [0.25, 0.3) is 0 Å². The molecular formula is C6H4Cl2O4S. The van der Waals surface area contributed by atoms with Gasteiger partial charge in [-0.3, -0.25) is 4.55 Å². The molecule has 0 radical (unpaired) electrons. The third kappa shape index (κ3) is 2.05. The van der Waals surface area contributed by atoms with Crippen LogP contribution in [0.4, 0.5) is 0 Å². The van der Waals surface area contributed by atoms with Crippen molar-refractivity contribution in [1.82, 2.24) is 0 Å². The molecule has 0 saturated carbocycles. The first-order valence-electron chi connectivity index (χ1n) is 2.98. The second-order valence-corrected chi connectivity index (χ2v) is 4.36. The minimum atomic E-state index is -4.47. The lowest BCUT2D eigenvalue weighted by Gasteiger charge is -2.03. The van der Waals surface area contributed by atoms with Gasteiger partial charge < -0.3 is 5.11 Å². The fraction of sp³-hybridized carbons (Fsp3) is 0. The quantitative estimate of drug-likeness (QED) is 0.739. The molecule has 0 bridgehead atoms. The molecule has 0 aliphatic heterocycles. The van der Waals surface area contributed by atoms with Crippen LogP contribution in [0.15, 0.2) is 17.0 Å². The lowest BCUT2D eigenvalue weighted by atomic mass is 10.3. The molecule has 0 fully saturated rings. The second kappa shape index (κ2) is 3.34. The fourth-order valence-electron chi connectivity index (χ4n) is 0.730. The standard InChI is InChI=1S/C6H4Cl2O4S/c7-3-1-2-4(13(10,11)12)6(9)5(3)8/h1-2,9H,(H,10,11,12). The van der Waals surface area contributed by atoms with Crippen LogP contribution >= 0.6 is 23.2 Å². The zero-order valence-corrected chi connectivity index (χ0v) is 8.36. The van der Waals surface area contributed by atoms with Crippen molar-refractivity contribution in [3.8, 4) is 5.75 Å². The lowest BCUT2D eigenvalue weighted by Crippen LogP contribution is -1.98. The predicted molar refractivity (Wildman–Crippen MR) is 47.9 cm³/mol. The molecule has 1 aromatic rings. The molecule has 7 heteroatoms. The molecule has 2 N–H and O–H groups in total. The Morgan fingerprint density at radius 2 is 1.77 bits per heavy atom. The molecule has 0 atom stereocenters. The van der Waals surface area contributed by atoms with Gasteiger partial charge in [-0.25, -0.2) is 0 Å². The van der Waals surface area contributed by atoms with E-state index in [9.17, 15) is 8.42 Å². The molecule has 1 aromatic carbocycles. The van der Waals surface area contributed by atoms with Crippen LogP contribution in [-0.2, 0) is 10.1 Å². The van der Waals surface area contributed by atoms with Gasteiger partial charge in [-0.1, -0.05) is 23.2 Å². The third-order valence-corrected chi connectivity index (χ3v) is 2.99. The average molecular weight is 243 g/mol. The number of halogens is 2. The molecule has 0 spiro atoms. The van der Waals surface area contributed by atoms with E-state index in [1.54, 1.807) is 0 Å². The molecule has 4 nitrogen and oxygen atoms in total. The van der Waals surface area contributed by atoms with E-state index in [-0.39, 0.29) is 10.0 Å². The highest BCUT2D eigenvalue weighted by Gasteiger charge is 2.18. The van der Waals surface area contributed by atoms with Gasteiger partial charge >= 0.3 is 0 Å². The van der Waals surface area contributed by atoms with Gasteiger partial charge in [0, 0.05) is 0 Å². The second-order valence-electron chi connectivity index (χ2n) is 2.18. The molecule has 0 aliphatic carbocycles. The largest absolute Gasteiger partial charge is 0.505 e. The summed E-state index contributed by atoms with van der Waals surface area (Å²) >= 11 is 10.9. The summed E-state index contributed by atoms with van der Waals surface area (Å²) in [5.74, 6) is -0.753. The maximum Gasteiger partial charge on any atom is 0.298 e. The first kappa shape index (κ1) is 10.6. The van der Waals surface area contributed by atoms with Crippen LogP contribution < -0.4 is 0 Å². The Labute approximate surface area is 84.5 Å². The van der Waals surface area contributed by atoms with E-state index in [4.69, 9.17) is 32.9 Å². The Balaban J connectivity index is 3.53. The molecule has 0 heterocycles. The molecule has 0 aliphatic rings. The van der Waals surface area contributed by atoms with Crippen LogP contribution in [0.3, 0.4) is 0 Å². The van der Waals surface area contributed by atoms with Gasteiger partial charge in [0.25, 0.3) is 10.1 Å². The summed E-state index contributed by atoms with van der Waals surface area (Å²) in [7, 11) is -4.47. The number of phenols is 1. The van der Waals surface area contributed by atoms with Crippen molar-refractivity contribution >= 4 is 33.3 Å². The molecule has 0 saturated heterocycles. The van der Waals surface area contributed by atoms with Gasteiger partial charge in [-0.05, 0) is 12.1 Å². The molecule has 0 aromatic heterocycles. The zero-order chi connectivity index (χ0) is 10.2. The van der Waals surface area contributed by atoms with Crippen molar-refractivity contribution in [3.05, 3.63) is 22.2 Å². The first-order chi connectivity index (χ1) is 5.84. The highest BCUT2D eigenvalue weighted by molar-refractivity contribution is 7.86. The van der Waals surface area contributed by atoms with E-state index in [2.05, 4.69) is 0 Å². The van der Waals surface area contributed by atoms with Crippen molar-refractivity contribution in [2.45, 2.75) is 4.90 Å². The summed E-state index contributed by atoms with van der Waals surface area (Å²) in [4.78, 5) is -0.665. The van der Waals surface area contributed by atoms with Gasteiger partial charge in [-0.2, -0.15) is 8.42 Å². The van der Waals surface area contributed by atoms with Gasteiger partial charge in [0.05, 0.1) is 5.02 Å². The average Bonchev–Trinajstić information content (AvgIpc) is 1.98. The van der Waals surface area contributed by atoms with Crippen molar-refractivity contribution in [1.29, 1.82) is 0 Å². The highest BCUT2D eigenvalue weighted by Crippen LogP contribution is 2.36. The summed E-state index contributed by atoms with van der Waals surface area (Å²) in [6.45, 7) is 0. The monoisotopic (exact) mass is 242 g/mol. The normalized spacial score (nSPS) is 11.6. The first-order valence-corrected chi connectivity index (χ1v) is 5.18. The Kier molecular flexibility index (Phi) is 2.72. The maximum absolute atomic E-state index is 10.6. The van der Waals surface area contributed by atoms with Gasteiger partial charge in [-0.15, -0.1) is 0 Å². The number of rotatable bonds is 1. The van der Waals surface area contributed by atoms with E-state index in [0.29, 0.717) is 0 Å². The Morgan fingerprint density at radius 3 is 2.23 bits per heavy atom. The van der Waals surface area contributed by atoms with Crippen LogP contribution in [0.2, 0.25) is 10.0 Å². The summed E-state index contributed by atoms with van der Waals surface area (Å²) in [5.41, 5.74) is 0. The number of phenolic OH excluding ortho intramolecular Hbond substituents is 1. The lowest BCUT2D eigenvalue weighted by molar-refractivity contribution is 0.443. The van der Waals surface area contributed by atoms with Crippen LogP contribution in [-0.4, -0.2) is 18.1 Å². The zero-order valence-electron chi connectivity index (χ0n) is 6.03. The number of hydrogen-bond donors (Lipinski definition) is 2. The van der Waals surface area contributed by atoms with Crippen molar-refractivity contribution < 1.29 is 18.1 Å². The maximum atomic E-state index is 10.6. The minimum absolute atomic E-state index is 0.00608. The molecule has 0 amide bonds. The van der Waals surface area contributed by atoms with Crippen LogP contribution in [0.1, 0.15) is 0 Å². The SMILES string of the molecule is O=S(=O)(O)c1ccc(Cl)c(Cl)c1O. The smallest absolute Gasteiger partial charge is 0.298 e. The van der Waals surface area contributed by atoms with Gasteiger partial charge in [0.2, 0.25) is 0 Å². The summed E-state index contributed by atoms with van der Waals surface area (Å²) in [6.07, 6.45) is 0. The van der Waals surface area contributed by atoms with E-state index < -0.39 is 20.8 Å².